The van der Waals surface area contributed by atoms with E-state index < -0.39 is 36.0 Å². The standard InChI is InChI=1S/C12H18N2O7/c1-21-11(19)8-3-2-6-14(8)12(20)13-7(10(17)18)4-5-9(15)16/h7-8H,2-6H2,1H3,(H,13,20)(H,15,16)(H,17,18)/t7-,8?/m0/s1. The molecule has 0 aromatic rings. The van der Waals surface area contributed by atoms with Crippen molar-refractivity contribution >= 4 is 23.9 Å². The molecule has 1 aliphatic heterocycles. The number of carboxylic acid groups (broad SMARTS) is 2. The maximum atomic E-state index is 12.0. The zero-order chi connectivity index (χ0) is 16.0. The second kappa shape index (κ2) is 7.46. The van der Waals surface area contributed by atoms with Gasteiger partial charge in [-0.15, -0.1) is 0 Å². The molecule has 0 aromatic carbocycles. The van der Waals surface area contributed by atoms with Crippen LogP contribution in [0.25, 0.3) is 0 Å². The number of methoxy groups -OCH3 is 1. The predicted octanol–water partition coefficient (Wildman–Crippen LogP) is -0.349. The summed E-state index contributed by atoms with van der Waals surface area (Å²) >= 11 is 0. The zero-order valence-corrected chi connectivity index (χ0v) is 11.6. The van der Waals surface area contributed by atoms with E-state index >= 15 is 0 Å². The number of urea groups is 1. The van der Waals surface area contributed by atoms with E-state index in [0.717, 1.165) is 0 Å². The van der Waals surface area contributed by atoms with Crippen molar-refractivity contribution in [1.82, 2.24) is 10.2 Å². The summed E-state index contributed by atoms with van der Waals surface area (Å²) in [6.07, 6.45) is 0.456. The molecule has 118 valence electrons. The van der Waals surface area contributed by atoms with E-state index in [1.54, 1.807) is 0 Å². The van der Waals surface area contributed by atoms with Crippen LogP contribution in [0.5, 0.6) is 0 Å². The third-order valence-electron chi connectivity index (χ3n) is 3.23. The van der Waals surface area contributed by atoms with Crippen LogP contribution in [0, 0.1) is 0 Å². The molecule has 1 rings (SSSR count). The summed E-state index contributed by atoms with van der Waals surface area (Å²) in [5.74, 6) is -3.03. The van der Waals surface area contributed by atoms with Crippen LogP contribution < -0.4 is 5.32 Å². The number of carbonyl (C=O) groups is 4. The second-order valence-electron chi connectivity index (χ2n) is 4.65. The van der Waals surface area contributed by atoms with E-state index in [1.165, 1.54) is 12.0 Å². The van der Waals surface area contributed by atoms with Gasteiger partial charge in [-0.05, 0) is 19.3 Å². The predicted molar refractivity (Wildman–Crippen MR) is 68.6 cm³/mol. The molecule has 2 atom stereocenters. The molecule has 2 amide bonds. The molecule has 0 aromatic heterocycles. The molecule has 9 nitrogen and oxygen atoms in total. The molecule has 0 radical (unpaired) electrons. The molecule has 1 heterocycles. The molecule has 0 aliphatic carbocycles. The topological polar surface area (TPSA) is 133 Å². The van der Waals surface area contributed by atoms with Gasteiger partial charge in [0.15, 0.2) is 0 Å². The Bertz CT molecular complexity index is 437. The van der Waals surface area contributed by atoms with Crippen LogP contribution in [0.15, 0.2) is 0 Å². The van der Waals surface area contributed by atoms with Gasteiger partial charge in [0, 0.05) is 13.0 Å². The van der Waals surface area contributed by atoms with E-state index in [-0.39, 0.29) is 12.8 Å². The fraction of sp³-hybridized carbons (Fsp3) is 0.667. The number of hydrogen-bond acceptors (Lipinski definition) is 5. The van der Waals surface area contributed by atoms with Crippen molar-refractivity contribution in [1.29, 1.82) is 0 Å². The largest absolute Gasteiger partial charge is 0.481 e. The summed E-state index contributed by atoms with van der Waals surface area (Å²) in [5.41, 5.74) is 0. The summed E-state index contributed by atoms with van der Waals surface area (Å²) < 4.78 is 4.59. The highest BCUT2D eigenvalue weighted by atomic mass is 16.5. The van der Waals surface area contributed by atoms with Crippen molar-refractivity contribution in [2.75, 3.05) is 13.7 Å². The number of nitrogens with zero attached hydrogens (tertiary/aromatic N) is 1. The Morgan fingerprint density at radius 3 is 2.52 bits per heavy atom. The van der Waals surface area contributed by atoms with Crippen LogP contribution >= 0.6 is 0 Å². The summed E-state index contributed by atoms with van der Waals surface area (Å²) in [4.78, 5) is 46.3. The molecule has 9 heteroatoms. The van der Waals surface area contributed by atoms with Gasteiger partial charge in [-0.3, -0.25) is 4.79 Å². The van der Waals surface area contributed by atoms with Gasteiger partial charge in [0.1, 0.15) is 12.1 Å². The first-order chi connectivity index (χ1) is 9.86. The molecule has 3 N–H and O–H groups in total. The quantitative estimate of drug-likeness (QED) is 0.571. The number of nitrogens with one attached hydrogen (secondary N) is 1. The molecule has 0 bridgehead atoms. The minimum Gasteiger partial charge on any atom is -0.481 e. The van der Waals surface area contributed by atoms with E-state index in [9.17, 15) is 19.2 Å². The van der Waals surface area contributed by atoms with E-state index in [0.29, 0.717) is 19.4 Å². The monoisotopic (exact) mass is 302 g/mol. The lowest BCUT2D eigenvalue weighted by molar-refractivity contribution is -0.145. The third kappa shape index (κ3) is 4.62. The molecule has 1 fully saturated rings. The van der Waals surface area contributed by atoms with Crippen LogP contribution in [0.1, 0.15) is 25.7 Å². The van der Waals surface area contributed by atoms with Gasteiger partial charge in [0.05, 0.1) is 7.11 Å². The van der Waals surface area contributed by atoms with Gasteiger partial charge in [0.25, 0.3) is 0 Å². The Morgan fingerprint density at radius 1 is 1.33 bits per heavy atom. The number of aliphatic carboxylic acids is 2. The van der Waals surface area contributed by atoms with Crippen molar-refractivity contribution in [2.45, 2.75) is 37.8 Å². The minimum absolute atomic E-state index is 0.229. The molecule has 0 spiro atoms. The fourth-order valence-electron chi connectivity index (χ4n) is 2.15. The van der Waals surface area contributed by atoms with Crippen molar-refractivity contribution in [2.24, 2.45) is 0 Å². The van der Waals surface area contributed by atoms with E-state index in [1.807, 2.05) is 0 Å². The number of amides is 2. The van der Waals surface area contributed by atoms with Crippen molar-refractivity contribution in [3.63, 3.8) is 0 Å². The lowest BCUT2D eigenvalue weighted by atomic mass is 10.1. The van der Waals surface area contributed by atoms with E-state index in [4.69, 9.17) is 10.2 Å². The Labute approximate surface area is 120 Å². The van der Waals surface area contributed by atoms with E-state index in [2.05, 4.69) is 10.1 Å². The molecule has 0 saturated carbocycles. The second-order valence-corrected chi connectivity index (χ2v) is 4.65. The molecule has 21 heavy (non-hydrogen) atoms. The van der Waals surface area contributed by atoms with Crippen molar-refractivity contribution < 1.29 is 34.1 Å². The van der Waals surface area contributed by atoms with Gasteiger partial charge < -0.3 is 25.2 Å². The highest BCUT2D eigenvalue weighted by molar-refractivity contribution is 5.87. The van der Waals surface area contributed by atoms with Gasteiger partial charge in [-0.25, -0.2) is 14.4 Å². The third-order valence-corrected chi connectivity index (χ3v) is 3.23. The number of rotatable bonds is 6. The van der Waals surface area contributed by atoms with Crippen LogP contribution in [0.3, 0.4) is 0 Å². The SMILES string of the molecule is COC(=O)C1CCCN1C(=O)N[C@@H](CCC(=O)O)C(=O)O. The number of esters is 1. The number of carboxylic acids is 2. The average Bonchev–Trinajstić information content (AvgIpc) is 2.91. The van der Waals surface area contributed by atoms with Gasteiger partial charge in [-0.1, -0.05) is 0 Å². The summed E-state index contributed by atoms with van der Waals surface area (Å²) in [6.45, 7) is 0.316. The fourth-order valence-corrected chi connectivity index (χ4v) is 2.15. The Hall–Kier alpha value is -2.32. The normalized spacial score (nSPS) is 18.9. The minimum atomic E-state index is -1.32. The smallest absolute Gasteiger partial charge is 0.328 e. The number of likely N-dealkylation sites (tertiary alicyclic amines) is 1. The lowest BCUT2D eigenvalue weighted by Gasteiger charge is -2.25. The molecule has 1 saturated heterocycles. The highest BCUT2D eigenvalue weighted by Crippen LogP contribution is 2.18. The molecular weight excluding hydrogens is 284 g/mol. The summed E-state index contributed by atoms with van der Waals surface area (Å²) in [5, 5.41) is 19.8. The van der Waals surface area contributed by atoms with Crippen molar-refractivity contribution in [3.05, 3.63) is 0 Å². The number of ether oxygens (including phenoxy) is 1. The Kier molecular flexibility index (Phi) is 5.94. The van der Waals surface area contributed by atoms with Crippen molar-refractivity contribution in [3.8, 4) is 0 Å². The Balaban J connectivity index is 2.66. The maximum Gasteiger partial charge on any atom is 0.328 e. The zero-order valence-electron chi connectivity index (χ0n) is 11.6. The molecular formula is C12H18N2O7. The maximum absolute atomic E-state index is 12.0. The van der Waals surface area contributed by atoms with Crippen LogP contribution in [0.2, 0.25) is 0 Å². The van der Waals surface area contributed by atoms with Gasteiger partial charge in [0.2, 0.25) is 0 Å². The highest BCUT2D eigenvalue weighted by Gasteiger charge is 2.36. The molecule has 1 unspecified atom stereocenters. The molecule has 1 aliphatic rings. The first kappa shape index (κ1) is 16.7. The van der Waals surface area contributed by atoms with Gasteiger partial charge in [-0.2, -0.15) is 0 Å². The van der Waals surface area contributed by atoms with Crippen LogP contribution in [-0.4, -0.2) is 64.8 Å². The Morgan fingerprint density at radius 2 is 2.00 bits per heavy atom. The van der Waals surface area contributed by atoms with Gasteiger partial charge >= 0.3 is 23.9 Å². The number of hydrogen-bond donors (Lipinski definition) is 3. The number of carbonyl (C=O) groups excluding carboxylic acids is 2. The summed E-state index contributed by atoms with van der Waals surface area (Å²) in [7, 11) is 1.21. The summed E-state index contributed by atoms with van der Waals surface area (Å²) in [6, 6.07) is -2.75. The lowest BCUT2D eigenvalue weighted by Crippen LogP contribution is -2.51. The van der Waals surface area contributed by atoms with Crippen LogP contribution in [0.4, 0.5) is 4.79 Å². The average molecular weight is 302 g/mol. The van der Waals surface area contributed by atoms with Crippen LogP contribution in [-0.2, 0) is 19.1 Å². The first-order valence-electron chi connectivity index (χ1n) is 6.46. The first-order valence-corrected chi connectivity index (χ1v) is 6.46.